The lowest BCUT2D eigenvalue weighted by Gasteiger charge is -2.23. The van der Waals surface area contributed by atoms with Gasteiger partial charge in [-0.3, -0.25) is 0 Å². The van der Waals surface area contributed by atoms with Crippen molar-refractivity contribution in [1.29, 1.82) is 0 Å². The minimum absolute atomic E-state index is 0.132. The normalized spacial score (nSPS) is 13.4. The van der Waals surface area contributed by atoms with E-state index in [0.717, 1.165) is 4.47 Å². The molecule has 214 valence electrons. The van der Waals surface area contributed by atoms with E-state index in [1.54, 1.807) is 0 Å². The maximum atomic E-state index is 3.89. The van der Waals surface area contributed by atoms with Gasteiger partial charge in [0.15, 0.2) is 0 Å². The Balaban J connectivity index is 1.30. The number of nitrogens with zero attached hydrogens (tertiary/aromatic N) is 1. The van der Waals surface area contributed by atoms with E-state index in [1.807, 2.05) is 0 Å². The van der Waals surface area contributed by atoms with Crippen LogP contribution >= 0.6 is 15.9 Å². The fourth-order valence-electron chi connectivity index (χ4n) is 7.59. The van der Waals surface area contributed by atoms with Crippen LogP contribution in [0.3, 0.4) is 0 Å². The largest absolute Gasteiger partial charge is 0.309 e. The van der Waals surface area contributed by atoms with Gasteiger partial charge >= 0.3 is 0 Å². The van der Waals surface area contributed by atoms with Crippen molar-refractivity contribution in [3.05, 3.63) is 161 Å². The van der Waals surface area contributed by atoms with E-state index in [4.69, 9.17) is 0 Å². The van der Waals surface area contributed by atoms with Crippen LogP contribution in [0.5, 0.6) is 0 Å². The van der Waals surface area contributed by atoms with Crippen LogP contribution < -0.4 is 0 Å². The van der Waals surface area contributed by atoms with Crippen molar-refractivity contribution in [2.24, 2.45) is 0 Å². The quantitative estimate of drug-likeness (QED) is 0.181. The van der Waals surface area contributed by atoms with Crippen molar-refractivity contribution in [2.75, 3.05) is 0 Å². The molecule has 0 atom stereocenters. The zero-order valence-corrected chi connectivity index (χ0v) is 26.8. The van der Waals surface area contributed by atoms with Gasteiger partial charge in [0, 0.05) is 26.3 Å². The summed E-state index contributed by atoms with van der Waals surface area (Å²) in [7, 11) is 0. The molecule has 0 bridgehead atoms. The summed E-state index contributed by atoms with van der Waals surface area (Å²) in [5, 5.41) is 5.10. The van der Waals surface area contributed by atoms with Gasteiger partial charge in [-0.1, -0.05) is 133 Å². The Morgan fingerprint density at radius 3 is 1.62 bits per heavy atom. The molecule has 45 heavy (non-hydrogen) atoms. The molecular weight excluding hydrogens is 610 g/mol. The van der Waals surface area contributed by atoms with Crippen LogP contribution in [-0.2, 0) is 5.41 Å². The lowest BCUT2D eigenvalue weighted by atomic mass is 9.82. The van der Waals surface area contributed by atoms with Crippen molar-refractivity contribution in [2.45, 2.75) is 19.3 Å². The Morgan fingerprint density at radius 1 is 0.467 bits per heavy atom. The molecule has 2 heteroatoms. The standard InChI is InChI=1S/C43H30BrN/c1-43(2)37-25-31(19-20-34(37)42-33-16-10-9-15-32(33)39(44)26-38(42)43)45-40-21-17-29(27-11-5-3-6-12-27)23-35(40)36-24-30(18-22-41(36)45)28-13-7-4-8-14-28/h3-26H,1-2H3. The van der Waals surface area contributed by atoms with Crippen molar-refractivity contribution in [1.82, 2.24) is 4.57 Å². The minimum Gasteiger partial charge on any atom is -0.309 e. The van der Waals surface area contributed by atoms with Crippen LogP contribution in [-0.4, -0.2) is 4.57 Å². The number of rotatable bonds is 3. The van der Waals surface area contributed by atoms with E-state index < -0.39 is 0 Å². The number of benzene rings is 7. The second-order valence-corrected chi connectivity index (χ2v) is 13.6. The summed E-state index contributed by atoms with van der Waals surface area (Å²) in [4.78, 5) is 0. The molecule has 0 saturated heterocycles. The molecule has 0 saturated carbocycles. The molecule has 0 spiro atoms. The summed E-state index contributed by atoms with van der Waals surface area (Å²) in [6.07, 6.45) is 0. The van der Waals surface area contributed by atoms with Crippen LogP contribution in [0.2, 0.25) is 0 Å². The van der Waals surface area contributed by atoms with E-state index >= 15 is 0 Å². The maximum Gasteiger partial charge on any atom is 0.0541 e. The molecule has 1 aliphatic rings. The van der Waals surface area contributed by atoms with Gasteiger partial charge in [0.05, 0.1) is 11.0 Å². The number of fused-ring (bicyclic) bond motifs is 8. The summed E-state index contributed by atoms with van der Waals surface area (Å²) >= 11 is 3.89. The predicted octanol–water partition coefficient (Wildman–Crippen LogP) is 12.3. The monoisotopic (exact) mass is 639 g/mol. The first-order valence-electron chi connectivity index (χ1n) is 15.5. The highest BCUT2D eigenvalue weighted by Gasteiger charge is 2.37. The van der Waals surface area contributed by atoms with Gasteiger partial charge in [-0.25, -0.2) is 0 Å². The minimum atomic E-state index is -0.132. The zero-order valence-electron chi connectivity index (χ0n) is 25.2. The SMILES string of the molecule is CC1(C)c2cc(-n3c4ccc(-c5ccccc5)cc4c4cc(-c5ccccc5)ccc43)ccc2-c2c1cc(Br)c1ccccc21. The highest BCUT2D eigenvalue weighted by atomic mass is 79.9. The number of hydrogen-bond acceptors (Lipinski definition) is 0. The first-order chi connectivity index (χ1) is 22.0. The average molecular weight is 641 g/mol. The summed E-state index contributed by atoms with van der Waals surface area (Å²) in [6.45, 7) is 4.74. The lowest BCUT2D eigenvalue weighted by Crippen LogP contribution is -2.15. The van der Waals surface area contributed by atoms with E-state index in [0.29, 0.717) is 0 Å². The highest BCUT2D eigenvalue weighted by molar-refractivity contribution is 9.10. The first-order valence-corrected chi connectivity index (χ1v) is 16.3. The third-order valence-electron chi connectivity index (χ3n) is 9.85. The fourth-order valence-corrected chi connectivity index (χ4v) is 8.16. The molecule has 1 heterocycles. The number of aromatic nitrogens is 1. The van der Waals surface area contributed by atoms with Gasteiger partial charge in [0.1, 0.15) is 0 Å². The van der Waals surface area contributed by atoms with Gasteiger partial charge in [0.2, 0.25) is 0 Å². The van der Waals surface area contributed by atoms with Gasteiger partial charge < -0.3 is 4.57 Å². The van der Waals surface area contributed by atoms with E-state index in [2.05, 4.69) is 180 Å². The molecule has 0 unspecified atom stereocenters. The summed E-state index contributed by atoms with van der Waals surface area (Å²) < 4.78 is 3.62. The molecule has 9 rings (SSSR count). The Hall–Kier alpha value is -4.92. The molecule has 1 aromatic heterocycles. The number of halogens is 1. The molecule has 0 fully saturated rings. The number of hydrogen-bond donors (Lipinski definition) is 0. The lowest BCUT2D eigenvalue weighted by molar-refractivity contribution is 0.660. The summed E-state index contributed by atoms with van der Waals surface area (Å²) in [6, 6.07) is 53.5. The van der Waals surface area contributed by atoms with Crippen LogP contribution in [0.1, 0.15) is 25.0 Å². The van der Waals surface area contributed by atoms with Crippen molar-refractivity contribution < 1.29 is 0 Å². The molecular formula is C43H30BrN. The first kappa shape index (κ1) is 26.5. The van der Waals surface area contributed by atoms with Crippen molar-refractivity contribution >= 4 is 48.5 Å². The molecule has 0 amide bonds. The van der Waals surface area contributed by atoms with Crippen LogP contribution in [0.25, 0.3) is 71.6 Å². The topological polar surface area (TPSA) is 4.93 Å². The fraction of sp³-hybridized carbons (Fsp3) is 0.0698. The van der Waals surface area contributed by atoms with E-state index in [-0.39, 0.29) is 5.41 Å². The van der Waals surface area contributed by atoms with E-state index in [1.165, 1.54) is 82.8 Å². The zero-order chi connectivity index (χ0) is 30.3. The maximum absolute atomic E-state index is 3.89. The van der Waals surface area contributed by atoms with Crippen LogP contribution in [0.4, 0.5) is 0 Å². The molecule has 0 N–H and O–H groups in total. The highest BCUT2D eigenvalue weighted by Crippen LogP contribution is 2.53. The summed E-state index contributed by atoms with van der Waals surface area (Å²) in [5.74, 6) is 0. The van der Waals surface area contributed by atoms with Crippen LogP contribution in [0, 0.1) is 0 Å². The van der Waals surface area contributed by atoms with Crippen molar-refractivity contribution in [3.8, 4) is 39.1 Å². The average Bonchev–Trinajstić information content (AvgIpc) is 3.53. The molecule has 0 aliphatic heterocycles. The predicted molar refractivity (Wildman–Crippen MR) is 194 cm³/mol. The van der Waals surface area contributed by atoms with Gasteiger partial charge in [0.25, 0.3) is 0 Å². The van der Waals surface area contributed by atoms with E-state index in [9.17, 15) is 0 Å². The van der Waals surface area contributed by atoms with Crippen molar-refractivity contribution in [3.63, 3.8) is 0 Å². The molecule has 8 aromatic rings. The van der Waals surface area contributed by atoms with Gasteiger partial charge in [-0.2, -0.15) is 0 Å². The molecule has 7 aromatic carbocycles. The molecule has 0 radical (unpaired) electrons. The second-order valence-electron chi connectivity index (χ2n) is 12.7. The van der Waals surface area contributed by atoms with Gasteiger partial charge in [-0.15, -0.1) is 0 Å². The molecule has 1 aliphatic carbocycles. The van der Waals surface area contributed by atoms with Gasteiger partial charge in [-0.05, 0) is 97.7 Å². The van der Waals surface area contributed by atoms with Crippen LogP contribution in [0.15, 0.2) is 150 Å². The Kier molecular flexibility index (Phi) is 5.76. The molecule has 1 nitrogen and oxygen atoms in total. The Labute approximate surface area is 271 Å². The smallest absolute Gasteiger partial charge is 0.0541 e. The third-order valence-corrected chi connectivity index (χ3v) is 10.5. The second kappa shape index (κ2) is 9.79. The Morgan fingerprint density at radius 2 is 1.02 bits per heavy atom. The Bertz CT molecular complexity index is 2350. The third kappa shape index (κ3) is 3.92. The summed E-state index contributed by atoms with van der Waals surface area (Å²) in [5.41, 5.74) is 13.9.